The van der Waals surface area contributed by atoms with Gasteiger partial charge in [-0.3, -0.25) is 0 Å². The molecule has 2 unspecified atom stereocenters. The van der Waals surface area contributed by atoms with Crippen LogP contribution >= 0.6 is 0 Å². The summed E-state index contributed by atoms with van der Waals surface area (Å²) in [5, 5.41) is 92.2. The number of carbonyl (C=O) groups excluding carboxylic acids is 8. The number of hydrogen-bond acceptors (Lipinski definition) is 16. The number of carbonyl (C=O) groups is 8. The summed E-state index contributed by atoms with van der Waals surface area (Å²) < 4.78 is 0. The number of rotatable bonds is 8. The van der Waals surface area contributed by atoms with Crippen molar-refractivity contribution in [3.8, 4) is 0 Å². The molecule has 0 aromatic carbocycles. The van der Waals surface area contributed by atoms with Gasteiger partial charge in [-0.2, -0.15) is 0 Å². The first kappa shape index (κ1) is 60.0. The summed E-state index contributed by atoms with van der Waals surface area (Å²) in [5.74, 6) is -36.6. The molecular formula is C13H2Na8O16. The van der Waals surface area contributed by atoms with Gasteiger partial charge in [0.1, 0.15) is 0 Å². The SMILES string of the molecule is O=C([O-])C1C(C(=O)[O-])C(C(=O)[O-])(C(=O)[O-])C(C(=O)[O-])(C(=O)[O-])C1(C(=O)[O-])C(=O)[O-].[Na+].[Na+].[Na+].[Na+].[Na+].[Na+].[Na+].[Na+]. The molecular weight excluding hydrogens is 596 g/mol. The molecule has 0 aliphatic heterocycles. The van der Waals surface area contributed by atoms with Crippen LogP contribution in [0.2, 0.25) is 0 Å². The van der Waals surface area contributed by atoms with Gasteiger partial charge in [0.05, 0.1) is 52.1 Å². The Labute approximate surface area is 383 Å². The first-order chi connectivity index (χ1) is 13.0. The minimum Gasteiger partial charge on any atom is -0.550 e. The molecule has 0 aromatic rings. The summed E-state index contributed by atoms with van der Waals surface area (Å²) in [6.07, 6.45) is 0. The van der Waals surface area contributed by atoms with E-state index in [2.05, 4.69) is 0 Å². The first-order valence-corrected chi connectivity index (χ1v) is 6.75. The van der Waals surface area contributed by atoms with E-state index in [-0.39, 0.29) is 236 Å². The van der Waals surface area contributed by atoms with Crippen molar-refractivity contribution in [3.63, 3.8) is 0 Å². The Morgan fingerprint density at radius 1 is 0.351 bits per heavy atom. The number of aliphatic carboxylic acids is 8. The van der Waals surface area contributed by atoms with Crippen molar-refractivity contribution < 1.29 is 316 Å². The molecule has 0 bridgehead atoms. The Balaban J connectivity index is -0.000000175. The molecule has 1 rings (SSSR count). The molecule has 24 heteroatoms. The van der Waals surface area contributed by atoms with Gasteiger partial charge in [0, 0.05) is 23.8 Å². The van der Waals surface area contributed by atoms with Gasteiger partial charge in [-0.15, -0.1) is 0 Å². The Morgan fingerprint density at radius 2 is 0.514 bits per heavy atom. The molecule has 0 aromatic heterocycles. The van der Waals surface area contributed by atoms with Crippen LogP contribution in [0.4, 0.5) is 0 Å². The minimum absolute atomic E-state index is 0. The van der Waals surface area contributed by atoms with Gasteiger partial charge >= 0.3 is 236 Å². The van der Waals surface area contributed by atoms with Crippen molar-refractivity contribution >= 4 is 47.8 Å². The summed E-state index contributed by atoms with van der Waals surface area (Å²) in [6.45, 7) is 0. The van der Waals surface area contributed by atoms with Crippen LogP contribution in [0.15, 0.2) is 0 Å². The van der Waals surface area contributed by atoms with Gasteiger partial charge in [0.15, 0.2) is 0 Å². The molecule has 0 N–H and O–H groups in total. The molecule has 0 spiro atoms. The molecule has 37 heavy (non-hydrogen) atoms. The van der Waals surface area contributed by atoms with Gasteiger partial charge in [-0.05, 0) is 0 Å². The Bertz CT molecular complexity index is 807. The molecule has 1 aliphatic rings. The summed E-state index contributed by atoms with van der Waals surface area (Å²) >= 11 is 0. The van der Waals surface area contributed by atoms with Crippen LogP contribution < -0.4 is 277 Å². The van der Waals surface area contributed by atoms with Crippen molar-refractivity contribution in [2.75, 3.05) is 0 Å². The van der Waals surface area contributed by atoms with E-state index in [4.69, 9.17) is 0 Å². The predicted molar refractivity (Wildman–Crippen MR) is 54.3 cm³/mol. The predicted octanol–water partition coefficient (Wildman–Crippen LogP) is -37.8. The second-order valence-corrected chi connectivity index (χ2v) is 5.68. The standard InChI is InChI=1S/C13H10O16.8Na/c14-3(15)1-2(4(16)17)12(7(22)23,8(24)25)13(9(26)27,10(28)29)11(1,5(18)19)6(20)21;;;;;;;;/h1-2H,(H,14,15)(H,16,17)(H,18,19)(H,20,21)(H,22,23)(H,24,25)(H,26,27)(H,28,29);;;;;;;;/q;8*+1/p-8. The van der Waals surface area contributed by atoms with E-state index in [1.807, 2.05) is 0 Å². The third kappa shape index (κ3) is 8.48. The van der Waals surface area contributed by atoms with E-state index in [0.717, 1.165) is 0 Å². The normalized spacial score (nSPS) is 18.4. The van der Waals surface area contributed by atoms with E-state index >= 15 is 0 Å². The molecule has 0 heterocycles. The molecule has 1 aliphatic carbocycles. The fourth-order valence-electron chi connectivity index (χ4n) is 3.92. The van der Waals surface area contributed by atoms with Crippen molar-refractivity contribution in [1.29, 1.82) is 0 Å². The fraction of sp³-hybridized carbons (Fsp3) is 0.385. The molecule has 0 radical (unpaired) electrons. The van der Waals surface area contributed by atoms with Gasteiger partial charge in [0.25, 0.3) is 0 Å². The topological polar surface area (TPSA) is 321 Å². The average molecular weight is 598 g/mol. The zero-order chi connectivity index (χ0) is 23.3. The van der Waals surface area contributed by atoms with Crippen molar-refractivity contribution in [2.24, 2.45) is 28.1 Å². The van der Waals surface area contributed by atoms with Crippen LogP contribution in [0.5, 0.6) is 0 Å². The van der Waals surface area contributed by atoms with Gasteiger partial charge < -0.3 is 79.2 Å². The monoisotopic (exact) mass is 598 g/mol. The van der Waals surface area contributed by atoms with Crippen LogP contribution in [0.3, 0.4) is 0 Å². The van der Waals surface area contributed by atoms with Crippen LogP contribution in [-0.4, -0.2) is 47.8 Å². The Morgan fingerprint density at radius 3 is 0.595 bits per heavy atom. The van der Waals surface area contributed by atoms with Crippen LogP contribution in [0, 0.1) is 28.1 Å². The second-order valence-electron chi connectivity index (χ2n) is 5.68. The van der Waals surface area contributed by atoms with E-state index in [1.54, 1.807) is 0 Å². The van der Waals surface area contributed by atoms with Gasteiger partial charge in [-0.25, -0.2) is 0 Å². The second kappa shape index (κ2) is 22.3. The van der Waals surface area contributed by atoms with Crippen LogP contribution in [0.25, 0.3) is 0 Å². The zero-order valence-electron chi connectivity index (χ0n) is 21.2. The maximum atomic E-state index is 11.6. The Kier molecular flexibility index (Phi) is 36.2. The number of carboxylic acid groups (broad SMARTS) is 8. The summed E-state index contributed by atoms with van der Waals surface area (Å²) in [5.41, 5.74) is -16.2. The molecule has 0 saturated heterocycles. The number of hydrogen-bond donors (Lipinski definition) is 0. The van der Waals surface area contributed by atoms with Crippen molar-refractivity contribution in [3.05, 3.63) is 0 Å². The van der Waals surface area contributed by atoms with Crippen molar-refractivity contribution in [2.45, 2.75) is 0 Å². The van der Waals surface area contributed by atoms with E-state index in [9.17, 15) is 79.2 Å². The molecule has 1 fully saturated rings. The van der Waals surface area contributed by atoms with Crippen molar-refractivity contribution in [1.82, 2.24) is 0 Å². The quantitative estimate of drug-likeness (QED) is 0.185. The Hall–Kier alpha value is 3.76. The minimum atomic E-state index is -5.56. The molecule has 0 amide bonds. The molecule has 16 nitrogen and oxygen atoms in total. The number of carboxylic acids is 8. The van der Waals surface area contributed by atoms with E-state index in [0.29, 0.717) is 0 Å². The molecule has 1 saturated carbocycles. The first-order valence-electron chi connectivity index (χ1n) is 6.75. The fourth-order valence-corrected chi connectivity index (χ4v) is 3.92. The maximum Gasteiger partial charge on any atom is 1.00 e. The van der Waals surface area contributed by atoms with E-state index < -0.39 is 75.8 Å². The van der Waals surface area contributed by atoms with Crippen LogP contribution in [-0.2, 0) is 38.4 Å². The molecule has 2 atom stereocenters. The largest absolute Gasteiger partial charge is 1.00 e. The molecule has 158 valence electrons. The third-order valence-electron chi connectivity index (χ3n) is 4.86. The third-order valence-corrected chi connectivity index (χ3v) is 4.86. The van der Waals surface area contributed by atoms with Crippen LogP contribution in [0.1, 0.15) is 0 Å². The maximum absolute atomic E-state index is 11.6. The smallest absolute Gasteiger partial charge is 0.550 e. The zero-order valence-corrected chi connectivity index (χ0v) is 37.2. The summed E-state index contributed by atoms with van der Waals surface area (Å²) in [7, 11) is 0. The summed E-state index contributed by atoms with van der Waals surface area (Å²) in [4.78, 5) is 92.2. The summed E-state index contributed by atoms with van der Waals surface area (Å²) in [6, 6.07) is 0. The van der Waals surface area contributed by atoms with Gasteiger partial charge in [-0.1, -0.05) is 0 Å². The average Bonchev–Trinajstić information content (AvgIpc) is 2.81. The van der Waals surface area contributed by atoms with E-state index in [1.165, 1.54) is 0 Å². The van der Waals surface area contributed by atoms with Gasteiger partial charge in [0.2, 0.25) is 0 Å².